The number of hydrogen-bond donors (Lipinski definition) is 3. The minimum absolute atomic E-state index is 0.0727. The lowest BCUT2D eigenvalue weighted by Gasteiger charge is -2.33. The molecule has 3 N–H and O–H groups in total. The Balaban J connectivity index is 1.46. The first-order chi connectivity index (χ1) is 15.5. The molecular formula is C25H29N5O2. The first-order valence-corrected chi connectivity index (χ1v) is 11.2. The van der Waals surface area contributed by atoms with Crippen LogP contribution in [0.4, 0.5) is 11.4 Å². The molecule has 3 heterocycles. The Labute approximate surface area is 187 Å². The summed E-state index contributed by atoms with van der Waals surface area (Å²) in [5.41, 5.74) is 4.84. The van der Waals surface area contributed by atoms with Crippen LogP contribution >= 0.6 is 0 Å². The average Bonchev–Trinajstić information content (AvgIpc) is 3.48. The second kappa shape index (κ2) is 7.98. The number of rotatable bonds is 5. The van der Waals surface area contributed by atoms with Gasteiger partial charge in [0.05, 0.1) is 17.0 Å². The van der Waals surface area contributed by atoms with Gasteiger partial charge in [-0.3, -0.25) is 14.7 Å². The quantitative estimate of drug-likeness (QED) is 0.539. The maximum atomic E-state index is 12.1. The molecule has 2 bridgehead atoms. The van der Waals surface area contributed by atoms with E-state index in [0.717, 1.165) is 35.4 Å². The van der Waals surface area contributed by atoms with Crippen LogP contribution in [0.25, 0.3) is 10.9 Å². The maximum absolute atomic E-state index is 12.1. The lowest BCUT2D eigenvalue weighted by molar-refractivity contribution is 0.0963. The summed E-state index contributed by atoms with van der Waals surface area (Å²) in [6.07, 6.45) is 1.89. The van der Waals surface area contributed by atoms with E-state index in [1.54, 1.807) is 19.2 Å². The summed E-state index contributed by atoms with van der Waals surface area (Å²) < 4.78 is 0. The van der Waals surface area contributed by atoms with Crippen molar-refractivity contribution in [2.45, 2.75) is 31.8 Å². The third-order valence-electron chi connectivity index (χ3n) is 6.85. The number of anilines is 1. The van der Waals surface area contributed by atoms with E-state index in [0.29, 0.717) is 29.6 Å². The van der Waals surface area contributed by atoms with Crippen LogP contribution < -0.4 is 10.2 Å². The van der Waals surface area contributed by atoms with Crippen molar-refractivity contribution in [1.29, 1.82) is 0 Å². The van der Waals surface area contributed by atoms with Crippen LogP contribution in [0.5, 0.6) is 5.88 Å². The number of piperazine rings is 1. The zero-order chi connectivity index (χ0) is 22.4. The van der Waals surface area contributed by atoms with Crippen molar-refractivity contribution in [1.82, 2.24) is 15.2 Å². The van der Waals surface area contributed by atoms with Crippen molar-refractivity contribution < 1.29 is 9.90 Å². The molecule has 1 amide bonds. The molecule has 7 nitrogen and oxygen atoms in total. The van der Waals surface area contributed by atoms with Crippen LogP contribution in [0.3, 0.4) is 0 Å². The van der Waals surface area contributed by atoms with Gasteiger partial charge >= 0.3 is 0 Å². The fourth-order valence-corrected chi connectivity index (χ4v) is 5.12. The fraction of sp³-hybridized carbons (Fsp3) is 0.360. The second-order valence-corrected chi connectivity index (χ2v) is 8.75. The standard InChI is InChI=1S/C25H29N5O2/c1-4-21(23-20-11-15(24(31)26-2)5-10-22(20)28-25(23)32)27-16-6-8-17(9-7-16)30-14-18-12-19(30)13-29(18)3/h5-11,18-19,28,32H,4,12-14H2,1-3H3,(H,26,31). The largest absolute Gasteiger partial charge is 0.494 e. The van der Waals surface area contributed by atoms with Gasteiger partial charge < -0.3 is 20.3 Å². The van der Waals surface area contributed by atoms with Gasteiger partial charge in [-0.25, -0.2) is 0 Å². The number of aromatic nitrogens is 1. The number of aliphatic imine (C=N–C) groups is 1. The topological polar surface area (TPSA) is 84.0 Å². The van der Waals surface area contributed by atoms with E-state index in [9.17, 15) is 9.90 Å². The molecular weight excluding hydrogens is 402 g/mol. The lowest BCUT2D eigenvalue weighted by Crippen LogP contribution is -2.44. The molecule has 2 aliphatic rings. The Kier molecular flexibility index (Phi) is 5.13. The summed E-state index contributed by atoms with van der Waals surface area (Å²) in [4.78, 5) is 24.9. The Hall–Kier alpha value is -3.32. The Morgan fingerprint density at radius 1 is 1.19 bits per heavy atom. The van der Waals surface area contributed by atoms with Gasteiger partial charge in [0.1, 0.15) is 0 Å². The summed E-state index contributed by atoms with van der Waals surface area (Å²) >= 11 is 0. The summed E-state index contributed by atoms with van der Waals surface area (Å²) in [6.45, 7) is 4.23. The number of carbonyl (C=O) groups excluding carboxylic acids is 1. The number of aromatic amines is 1. The van der Waals surface area contributed by atoms with Gasteiger partial charge in [0.25, 0.3) is 5.91 Å². The molecule has 2 unspecified atom stereocenters. The SMILES string of the molecule is CCC(=Nc1ccc(N2CC3CC2CN3C)cc1)c1c(O)[nH]c2ccc(C(=O)NC)cc12. The summed E-state index contributed by atoms with van der Waals surface area (Å²) in [5.74, 6) is -0.0885. The van der Waals surface area contributed by atoms with E-state index in [4.69, 9.17) is 4.99 Å². The number of aromatic hydroxyl groups is 1. The van der Waals surface area contributed by atoms with Crippen LogP contribution in [0.1, 0.15) is 35.7 Å². The summed E-state index contributed by atoms with van der Waals surface area (Å²) in [7, 11) is 3.82. The zero-order valence-corrected chi connectivity index (χ0v) is 18.7. The highest BCUT2D eigenvalue weighted by Crippen LogP contribution is 2.35. The third kappa shape index (κ3) is 3.42. The van der Waals surface area contributed by atoms with Gasteiger partial charge in [-0.2, -0.15) is 0 Å². The first-order valence-electron chi connectivity index (χ1n) is 11.2. The van der Waals surface area contributed by atoms with Crippen LogP contribution in [0.15, 0.2) is 47.5 Å². The molecule has 2 aliphatic heterocycles. The average molecular weight is 432 g/mol. The van der Waals surface area contributed by atoms with Crippen molar-refractivity contribution in [3.63, 3.8) is 0 Å². The number of carbonyl (C=O) groups is 1. The fourth-order valence-electron chi connectivity index (χ4n) is 5.12. The molecule has 0 saturated carbocycles. The summed E-state index contributed by atoms with van der Waals surface area (Å²) in [6, 6.07) is 15.0. The third-order valence-corrected chi connectivity index (χ3v) is 6.85. The molecule has 32 heavy (non-hydrogen) atoms. The molecule has 0 radical (unpaired) electrons. The molecule has 3 aromatic rings. The molecule has 2 saturated heterocycles. The highest BCUT2D eigenvalue weighted by molar-refractivity contribution is 6.14. The first kappa shape index (κ1) is 20.6. The molecule has 0 aliphatic carbocycles. The van der Waals surface area contributed by atoms with Gasteiger partial charge in [0.15, 0.2) is 5.88 Å². The number of fused-ring (bicyclic) bond motifs is 3. The lowest BCUT2D eigenvalue weighted by atomic mass is 10.0. The van der Waals surface area contributed by atoms with Gasteiger partial charge in [0.2, 0.25) is 0 Å². The highest BCUT2D eigenvalue weighted by Gasteiger charge is 2.41. The van der Waals surface area contributed by atoms with E-state index < -0.39 is 0 Å². The normalized spacial score (nSPS) is 21.0. The predicted molar refractivity (Wildman–Crippen MR) is 128 cm³/mol. The van der Waals surface area contributed by atoms with Crippen molar-refractivity contribution in [2.24, 2.45) is 4.99 Å². The van der Waals surface area contributed by atoms with Crippen molar-refractivity contribution in [3.05, 3.63) is 53.6 Å². The number of benzene rings is 2. The van der Waals surface area contributed by atoms with Crippen molar-refractivity contribution >= 4 is 33.9 Å². The smallest absolute Gasteiger partial charge is 0.251 e. The van der Waals surface area contributed by atoms with Gasteiger partial charge in [0, 0.05) is 54.4 Å². The van der Waals surface area contributed by atoms with E-state index in [1.807, 2.05) is 25.1 Å². The van der Waals surface area contributed by atoms with E-state index in [2.05, 4.69) is 39.3 Å². The van der Waals surface area contributed by atoms with E-state index in [1.165, 1.54) is 12.1 Å². The van der Waals surface area contributed by atoms with Crippen molar-refractivity contribution in [2.75, 3.05) is 32.1 Å². The number of hydrogen-bond acceptors (Lipinski definition) is 5. The molecule has 7 heteroatoms. The number of amides is 1. The number of H-pyrrole nitrogens is 1. The minimum Gasteiger partial charge on any atom is -0.494 e. The number of likely N-dealkylation sites (N-methyl/N-ethyl adjacent to an activating group) is 1. The molecule has 166 valence electrons. The molecule has 2 atom stereocenters. The maximum Gasteiger partial charge on any atom is 0.251 e. The summed E-state index contributed by atoms with van der Waals surface area (Å²) in [5, 5.41) is 14.1. The van der Waals surface area contributed by atoms with Crippen LogP contribution in [0, 0.1) is 0 Å². The molecule has 0 spiro atoms. The highest BCUT2D eigenvalue weighted by atomic mass is 16.3. The van der Waals surface area contributed by atoms with E-state index in [-0.39, 0.29) is 11.8 Å². The van der Waals surface area contributed by atoms with Crippen LogP contribution in [-0.2, 0) is 0 Å². The van der Waals surface area contributed by atoms with E-state index >= 15 is 0 Å². The van der Waals surface area contributed by atoms with Gasteiger partial charge in [-0.15, -0.1) is 0 Å². The Morgan fingerprint density at radius 3 is 2.59 bits per heavy atom. The second-order valence-electron chi connectivity index (χ2n) is 8.75. The monoisotopic (exact) mass is 431 g/mol. The predicted octanol–water partition coefficient (Wildman–Crippen LogP) is 3.66. The zero-order valence-electron chi connectivity index (χ0n) is 18.7. The Morgan fingerprint density at radius 2 is 1.97 bits per heavy atom. The molecule has 2 fully saturated rings. The Bertz CT molecular complexity index is 1200. The number of likely N-dealkylation sites (tertiary alicyclic amines) is 1. The molecule has 2 aromatic carbocycles. The van der Waals surface area contributed by atoms with Crippen LogP contribution in [-0.4, -0.2) is 65.9 Å². The van der Waals surface area contributed by atoms with Gasteiger partial charge in [-0.1, -0.05) is 6.92 Å². The molecule has 1 aromatic heterocycles. The van der Waals surface area contributed by atoms with Crippen molar-refractivity contribution in [3.8, 4) is 5.88 Å². The van der Waals surface area contributed by atoms with Crippen LogP contribution in [0.2, 0.25) is 0 Å². The minimum atomic E-state index is -0.161. The number of nitrogens with zero attached hydrogens (tertiary/aromatic N) is 3. The number of nitrogens with one attached hydrogen (secondary N) is 2. The van der Waals surface area contributed by atoms with Gasteiger partial charge in [-0.05, 0) is 62.4 Å². The molecule has 5 rings (SSSR count).